The van der Waals surface area contributed by atoms with Gasteiger partial charge in [0.1, 0.15) is 16.4 Å². The van der Waals surface area contributed by atoms with Crippen LogP contribution in [-0.2, 0) is 6.54 Å². The molecule has 3 heterocycles. The number of methoxy groups -OCH3 is 1. The van der Waals surface area contributed by atoms with E-state index >= 15 is 0 Å². The van der Waals surface area contributed by atoms with Crippen LogP contribution in [0.25, 0.3) is 0 Å². The van der Waals surface area contributed by atoms with Gasteiger partial charge in [-0.15, -0.1) is 11.3 Å². The van der Waals surface area contributed by atoms with Gasteiger partial charge in [-0.25, -0.2) is 15.8 Å². The number of carbonyl (C=O) groups excluding carboxylic acids is 2. The summed E-state index contributed by atoms with van der Waals surface area (Å²) in [6.45, 7) is 1.75. The number of carbonyl (C=O) groups is 2. The number of ether oxygens (including phenoxy) is 1. The highest BCUT2D eigenvalue weighted by Gasteiger charge is 2.25. The first-order valence-electron chi connectivity index (χ1n) is 10.8. The third-order valence-corrected chi connectivity index (χ3v) is 7.34. The van der Waals surface area contributed by atoms with Crippen molar-refractivity contribution in [3.63, 3.8) is 0 Å². The quantitative estimate of drug-likeness (QED) is 0.275. The molecule has 0 spiro atoms. The van der Waals surface area contributed by atoms with E-state index in [0.717, 1.165) is 5.56 Å². The van der Waals surface area contributed by atoms with E-state index in [1.807, 2.05) is 10.3 Å². The van der Waals surface area contributed by atoms with Crippen LogP contribution in [0.3, 0.4) is 0 Å². The minimum Gasteiger partial charge on any atom is -0.494 e. The molecule has 0 saturated carbocycles. The van der Waals surface area contributed by atoms with Crippen molar-refractivity contribution < 1.29 is 14.3 Å². The molecule has 0 aliphatic carbocycles. The molecule has 2 aromatic heterocycles. The molecule has 0 fully saturated rings. The van der Waals surface area contributed by atoms with Crippen LogP contribution < -0.4 is 21.2 Å². The lowest BCUT2D eigenvalue weighted by Crippen LogP contribution is -2.43. The van der Waals surface area contributed by atoms with Crippen LogP contribution in [0.4, 0.5) is 11.5 Å². The van der Waals surface area contributed by atoms with E-state index in [4.69, 9.17) is 45.4 Å². The Morgan fingerprint density at radius 2 is 1.97 bits per heavy atom. The second-order valence-electron chi connectivity index (χ2n) is 7.92. The zero-order valence-electron chi connectivity index (χ0n) is 19.7. The van der Waals surface area contributed by atoms with Crippen molar-refractivity contribution in [2.24, 2.45) is 10.8 Å². The summed E-state index contributed by atoms with van der Waals surface area (Å²) in [5.41, 5.74) is 0.961. The lowest BCUT2D eigenvalue weighted by atomic mass is 10.1. The number of hydrazine groups is 1. The van der Waals surface area contributed by atoms with E-state index in [0.29, 0.717) is 35.6 Å². The predicted molar refractivity (Wildman–Crippen MR) is 147 cm³/mol. The van der Waals surface area contributed by atoms with Crippen molar-refractivity contribution >= 4 is 75.4 Å². The highest BCUT2D eigenvalue weighted by Crippen LogP contribution is 2.35. The van der Waals surface area contributed by atoms with Gasteiger partial charge in [0.15, 0.2) is 0 Å². The minimum atomic E-state index is -0.560. The number of amides is 2. The van der Waals surface area contributed by atoms with Gasteiger partial charge in [0.25, 0.3) is 11.8 Å². The fourth-order valence-corrected chi connectivity index (χ4v) is 5.22. The van der Waals surface area contributed by atoms with Crippen LogP contribution in [0.2, 0.25) is 15.1 Å². The first-order chi connectivity index (χ1) is 17.7. The molecular weight excluding hydrogens is 561 g/mol. The topological polar surface area (TPSA) is 125 Å². The van der Waals surface area contributed by atoms with Crippen LogP contribution >= 0.6 is 46.1 Å². The summed E-state index contributed by atoms with van der Waals surface area (Å²) in [7, 11) is 3.12. The smallest absolute Gasteiger partial charge is 0.267 e. The maximum Gasteiger partial charge on any atom is 0.267 e. The molecule has 4 N–H and O–H groups in total. The number of benzene rings is 1. The largest absolute Gasteiger partial charge is 0.494 e. The van der Waals surface area contributed by atoms with Gasteiger partial charge in [-0.05, 0) is 23.6 Å². The molecule has 4 rings (SSSR count). The van der Waals surface area contributed by atoms with Gasteiger partial charge in [0.2, 0.25) is 5.96 Å². The molecule has 0 saturated heterocycles. The summed E-state index contributed by atoms with van der Waals surface area (Å²) in [6, 6.07) is 6.05. The molecule has 194 valence electrons. The molecule has 0 radical (unpaired) electrons. The summed E-state index contributed by atoms with van der Waals surface area (Å²) in [4.78, 5) is 37.1. The molecule has 0 atom stereocenters. The number of guanidine groups is 1. The van der Waals surface area contributed by atoms with Crippen molar-refractivity contribution in [3.05, 3.63) is 66.9 Å². The summed E-state index contributed by atoms with van der Waals surface area (Å²) in [5.74, 6) is 5.90. The van der Waals surface area contributed by atoms with Crippen LogP contribution in [0.5, 0.6) is 5.75 Å². The molecule has 37 heavy (non-hydrogen) atoms. The van der Waals surface area contributed by atoms with E-state index in [9.17, 15) is 9.59 Å². The molecule has 1 aromatic carbocycles. The molecule has 3 aromatic rings. The number of anilines is 2. The lowest BCUT2D eigenvalue weighted by molar-refractivity contribution is 0.102. The van der Waals surface area contributed by atoms with Crippen LogP contribution in [0, 0.1) is 0 Å². The van der Waals surface area contributed by atoms with E-state index < -0.39 is 11.8 Å². The average Bonchev–Trinajstić information content (AvgIpc) is 3.48. The van der Waals surface area contributed by atoms with E-state index in [1.54, 1.807) is 19.2 Å². The third-order valence-electron chi connectivity index (χ3n) is 5.33. The highest BCUT2D eigenvalue weighted by atomic mass is 35.5. The number of aromatic nitrogens is 1. The van der Waals surface area contributed by atoms with E-state index in [1.165, 1.54) is 41.8 Å². The van der Waals surface area contributed by atoms with E-state index in [2.05, 4.69) is 20.6 Å². The second kappa shape index (κ2) is 11.5. The number of nitrogens with two attached hydrogens (primary N) is 1. The van der Waals surface area contributed by atoms with Gasteiger partial charge in [-0.2, -0.15) is 0 Å². The molecule has 10 nitrogen and oxygen atoms in total. The minimum absolute atomic E-state index is 0.0752. The summed E-state index contributed by atoms with van der Waals surface area (Å²) < 4.78 is 5.40. The van der Waals surface area contributed by atoms with Gasteiger partial charge in [-0.3, -0.25) is 14.6 Å². The number of nitrogens with one attached hydrogen (secondary N) is 2. The Labute approximate surface area is 231 Å². The normalized spacial score (nSPS) is 12.8. The monoisotopic (exact) mass is 581 g/mol. The van der Waals surface area contributed by atoms with E-state index in [-0.39, 0.29) is 32.7 Å². The van der Waals surface area contributed by atoms with Crippen molar-refractivity contribution in [2.45, 2.75) is 6.54 Å². The van der Waals surface area contributed by atoms with Gasteiger partial charge in [0, 0.05) is 43.0 Å². The fraction of sp³-hybridized carbons (Fsp3) is 0.217. The Bertz CT molecular complexity index is 1360. The number of rotatable bonds is 7. The zero-order valence-corrected chi connectivity index (χ0v) is 22.8. The molecule has 14 heteroatoms. The number of halogens is 3. The van der Waals surface area contributed by atoms with Crippen molar-refractivity contribution in [3.8, 4) is 5.75 Å². The van der Waals surface area contributed by atoms with Crippen LogP contribution in [0.15, 0.2) is 40.8 Å². The molecular formula is C23H22Cl3N7O3S. The van der Waals surface area contributed by atoms with Crippen molar-refractivity contribution in [1.29, 1.82) is 0 Å². The van der Waals surface area contributed by atoms with Crippen LogP contribution in [-0.4, -0.2) is 59.9 Å². The first kappa shape index (κ1) is 27.0. The second-order valence-corrected chi connectivity index (χ2v) is 10.0. The number of pyridine rings is 1. The van der Waals surface area contributed by atoms with Gasteiger partial charge in [-0.1, -0.05) is 34.8 Å². The lowest BCUT2D eigenvalue weighted by Gasteiger charge is -2.24. The fourth-order valence-electron chi connectivity index (χ4n) is 3.65. The number of nitrogens with zero attached hydrogens (tertiary/aromatic N) is 4. The van der Waals surface area contributed by atoms with Gasteiger partial charge >= 0.3 is 0 Å². The van der Waals surface area contributed by atoms with Crippen LogP contribution in [0.1, 0.15) is 25.6 Å². The Morgan fingerprint density at radius 3 is 2.65 bits per heavy atom. The standard InChI is InChI=1S/C23H22Cl3N7O3S/c1-32(27)23-28-5-6-33(23)10-12-11-37-20(18(12)26)22(35)31-19-15(7-14(25)8-16(19)36-2)21(34)30-17-4-3-13(24)9-29-17/h3-4,7-9,11H,5-6,10,27H2,1-2H3,(H,31,35)(H,29,30,34). The Morgan fingerprint density at radius 1 is 1.19 bits per heavy atom. The first-order valence-corrected chi connectivity index (χ1v) is 12.8. The average molecular weight is 583 g/mol. The maximum absolute atomic E-state index is 13.3. The molecule has 0 bridgehead atoms. The van der Waals surface area contributed by atoms with Crippen molar-refractivity contribution in [2.75, 3.05) is 37.9 Å². The number of hydrogen-bond acceptors (Lipinski definition) is 9. The Hall–Kier alpha value is -3.09. The molecule has 2 amide bonds. The highest BCUT2D eigenvalue weighted by molar-refractivity contribution is 7.13. The Kier molecular flexibility index (Phi) is 8.40. The molecule has 0 unspecified atom stereocenters. The molecule has 1 aliphatic rings. The zero-order chi connectivity index (χ0) is 26.7. The van der Waals surface area contributed by atoms with Gasteiger partial charge in [0.05, 0.1) is 35.0 Å². The maximum atomic E-state index is 13.3. The third kappa shape index (κ3) is 6.08. The summed E-state index contributed by atoms with van der Waals surface area (Å²) >= 11 is 19.9. The summed E-state index contributed by atoms with van der Waals surface area (Å²) in [5, 5.41) is 9.64. The molecule has 1 aliphatic heterocycles. The number of aliphatic imine (C=N–C) groups is 1. The SMILES string of the molecule is COc1cc(Cl)cc(C(=O)Nc2ccc(Cl)cn2)c1NC(=O)c1scc(CN2CCN=C2N(C)N)c1Cl. The number of thiophene rings is 1. The Balaban J connectivity index is 1.58. The summed E-state index contributed by atoms with van der Waals surface area (Å²) in [6.07, 6.45) is 1.40. The van der Waals surface area contributed by atoms with Gasteiger partial charge < -0.3 is 20.3 Å². The number of hydrogen-bond donors (Lipinski definition) is 3. The van der Waals surface area contributed by atoms with Crippen molar-refractivity contribution in [1.82, 2.24) is 14.9 Å². The predicted octanol–water partition coefficient (Wildman–Crippen LogP) is 4.59.